The Labute approximate surface area is 109 Å². The van der Waals surface area contributed by atoms with Crippen molar-refractivity contribution < 1.29 is 23.1 Å². The van der Waals surface area contributed by atoms with Crippen LogP contribution in [0.4, 0.5) is 13.6 Å². The molecule has 0 saturated heterocycles. The summed E-state index contributed by atoms with van der Waals surface area (Å²) in [5.41, 5.74) is -0.966. The van der Waals surface area contributed by atoms with Crippen molar-refractivity contribution in [1.82, 2.24) is 5.32 Å². The molecule has 104 valence electrons. The minimum absolute atomic E-state index is 0.280. The van der Waals surface area contributed by atoms with Gasteiger partial charge in [-0.1, -0.05) is 0 Å². The average molecular weight is 271 g/mol. The largest absolute Gasteiger partial charge is 0.444 e. The van der Waals surface area contributed by atoms with E-state index < -0.39 is 35.7 Å². The number of carbonyl (C=O) groups is 2. The Morgan fingerprint density at radius 3 is 2.42 bits per heavy atom. The van der Waals surface area contributed by atoms with Crippen molar-refractivity contribution in [3.8, 4) is 0 Å². The van der Waals surface area contributed by atoms with E-state index in [1.165, 1.54) is 0 Å². The normalized spacial score (nSPS) is 11.0. The molecule has 0 fully saturated rings. The number of hydrogen-bond acceptors (Lipinski definition) is 3. The predicted octanol–water partition coefficient (Wildman–Crippen LogP) is 2.67. The van der Waals surface area contributed by atoms with E-state index in [1.54, 1.807) is 20.8 Å². The standard InChI is InChI=1S/C13H15F2NO3/c1-13(2,3)19-12(18)16-7-11(17)9-5-4-8(14)6-10(9)15/h4-6H,7H2,1-3H3,(H,16,18). The lowest BCUT2D eigenvalue weighted by Gasteiger charge is -2.19. The lowest BCUT2D eigenvalue weighted by Crippen LogP contribution is -2.35. The van der Waals surface area contributed by atoms with Crippen LogP contribution in [0.15, 0.2) is 18.2 Å². The number of rotatable bonds is 3. The predicted molar refractivity (Wildman–Crippen MR) is 64.9 cm³/mol. The van der Waals surface area contributed by atoms with Gasteiger partial charge in [0, 0.05) is 6.07 Å². The van der Waals surface area contributed by atoms with E-state index in [-0.39, 0.29) is 5.56 Å². The molecule has 6 heteroatoms. The van der Waals surface area contributed by atoms with E-state index >= 15 is 0 Å². The van der Waals surface area contributed by atoms with Gasteiger partial charge in [-0.05, 0) is 32.9 Å². The van der Waals surface area contributed by atoms with Crippen molar-refractivity contribution in [3.05, 3.63) is 35.4 Å². The number of ether oxygens (including phenoxy) is 1. The Morgan fingerprint density at radius 2 is 1.89 bits per heavy atom. The fourth-order valence-electron chi connectivity index (χ4n) is 1.28. The molecule has 19 heavy (non-hydrogen) atoms. The summed E-state index contributed by atoms with van der Waals surface area (Å²) in [4.78, 5) is 22.9. The summed E-state index contributed by atoms with van der Waals surface area (Å²) in [6, 6.07) is 2.62. The number of benzene rings is 1. The molecule has 0 aliphatic heterocycles. The molecule has 0 atom stereocenters. The zero-order valence-corrected chi connectivity index (χ0v) is 10.9. The van der Waals surface area contributed by atoms with Crippen LogP contribution in [0.3, 0.4) is 0 Å². The van der Waals surface area contributed by atoms with Gasteiger partial charge in [-0.3, -0.25) is 4.79 Å². The lowest BCUT2D eigenvalue weighted by atomic mass is 10.1. The van der Waals surface area contributed by atoms with E-state index in [9.17, 15) is 18.4 Å². The van der Waals surface area contributed by atoms with Gasteiger partial charge in [0.2, 0.25) is 0 Å². The first-order chi connectivity index (χ1) is 8.69. The van der Waals surface area contributed by atoms with Crippen LogP contribution in [-0.2, 0) is 4.74 Å². The molecule has 0 saturated carbocycles. The molecule has 1 aromatic rings. The fourth-order valence-corrected chi connectivity index (χ4v) is 1.28. The second kappa shape index (κ2) is 5.77. The van der Waals surface area contributed by atoms with Gasteiger partial charge in [0.05, 0.1) is 12.1 Å². The van der Waals surface area contributed by atoms with Crippen molar-refractivity contribution in [1.29, 1.82) is 0 Å². The average Bonchev–Trinajstić information content (AvgIpc) is 2.23. The number of hydrogen-bond donors (Lipinski definition) is 1. The minimum Gasteiger partial charge on any atom is -0.444 e. The van der Waals surface area contributed by atoms with Gasteiger partial charge in [0.15, 0.2) is 5.78 Å². The van der Waals surface area contributed by atoms with Crippen molar-refractivity contribution >= 4 is 11.9 Å². The summed E-state index contributed by atoms with van der Waals surface area (Å²) in [5, 5.41) is 2.21. The van der Waals surface area contributed by atoms with Crippen LogP contribution in [0.1, 0.15) is 31.1 Å². The van der Waals surface area contributed by atoms with Crippen molar-refractivity contribution in [2.45, 2.75) is 26.4 Å². The van der Waals surface area contributed by atoms with Gasteiger partial charge in [-0.15, -0.1) is 0 Å². The van der Waals surface area contributed by atoms with E-state index in [2.05, 4.69) is 5.32 Å². The van der Waals surface area contributed by atoms with Crippen molar-refractivity contribution in [2.24, 2.45) is 0 Å². The molecule has 0 heterocycles. The summed E-state index contributed by atoms with van der Waals surface area (Å²) in [5.74, 6) is -2.39. The number of Topliss-reactive ketones (excluding diaryl/α,β-unsaturated/α-hetero) is 1. The van der Waals surface area contributed by atoms with Crippen molar-refractivity contribution in [3.63, 3.8) is 0 Å². The molecule has 1 rings (SSSR count). The molecule has 0 bridgehead atoms. The maximum atomic E-state index is 13.3. The highest BCUT2D eigenvalue weighted by Gasteiger charge is 2.18. The number of carbonyl (C=O) groups excluding carboxylic acids is 2. The summed E-state index contributed by atoms with van der Waals surface area (Å²) in [7, 11) is 0. The monoisotopic (exact) mass is 271 g/mol. The van der Waals surface area contributed by atoms with E-state index in [0.717, 1.165) is 12.1 Å². The highest BCUT2D eigenvalue weighted by atomic mass is 19.1. The van der Waals surface area contributed by atoms with Crippen LogP contribution < -0.4 is 5.32 Å². The van der Waals surface area contributed by atoms with E-state index in [0.29, 0.717) is 6.07 Å². The van der Waals surface area contributed by atoms with Gasteiger partial charge in [0.25, 0.3) is 0 Å². The molecule has 1 aromatic carbocycles. The Hall–Kier alpha value is -1.98. The molecular formula is C13H15F2NO3. The Bertz CT molecular complexity index is 495. The second-order valence-electron chi connectivity index (χ2n) is 4.90. The van der Waals surface area contributed by atoms with E-state index in [4.69, 9.17) is 4.74 Å². The van der Waals surface area contributed by atoms with Crippen molar-refractivity contribution in [2.75, 3.05) is 6.54 Å². The molecule has 0 spiro atoms. The summed E-state index contributed by atoms with van der Waals surface area (Å²) in [6.45, 7) is 4.60. The molecule has 0 radical (unpaired) electrons. The summed E-state index contributed by atoms with van der Waals surface area (Å²) in [6.07, 6.45) is -0.775. The van der Waals surface area contributed by atoms with Crippen LogP contribution >= 0.6 is 0 Å². The van der Waals surface area contributed by atoms with Gasteiger partial charge in [-0.2, -0.15) is 0 Å². The number of amides is 1. The third-order valence-electron chi connectivity index (χ3n) is 2.02. The molecule has 1 N–H and O–H groups in total. The molecule has 0 aliphatic rings. The molecule has 0 aromatic heterocycles. The highest BCUT2D eigenvalue weighted by Crippen LogP contribution is 2.10. The zero-order valence-electron chi connectivity index (χ0n) is 10.9. The molecule has 0 unspecified atom stereocenters. The molecule has 0 aliphatic carbocycles. The third-order valence-corrected chi connectivity index (χ3v) is 2.02. The maximum absolute atomic E-state index is 13.3. The summed E-state index contributed by atoms with van der Waals surface area (Å²) < 4.78 is 30.9. The van der Waals surface area contributed by atoms with Gasteiger partial charge in [-0.25, -0.2) is 13.6 Å². The lowest BCUT2D eigenvalue weighted by molar-refractivity contribution is 0.0520. The number of halogens is 2. The zero-order chi connectivity index (χ0) is 14.6. The van der Waals surface area contributed by atoms with Crippen LogP contribution in [0, 0.1) is 11.6 Å². The Balaban J connectivity index is 2.59. The van der Waals surface area contributed by atoms with E-state index in [1.807, 2.05) is 0 Å². The maximum Gasteiger partial charge on any atom is 0.408 e. The van der Waals surface area contributed by atoms with Crippen LogP contribution in [-0.4, -0.2) is 24.0 Å². The van der Waals surface area contributed by atoms with Gasteiger partial charge >= 0.3 is 6.09 Å². The van der Waals surface area contributed by atoms with Crippen LogP contribution in [0.2, 0.25) is 0 Å². The molecular weight excluding hydrogens is 256 g/mol. The number of nitrogens with one attached hydrogen (secondary N) is 1. The summed E-state index contributed by atoms with van der Waals surface area (Å²) >= 11 is 0. The number of alkyl carbamates (subject to hydrolysis) is 1. The second-order valence-corrected chi connectivity index (χ2v) is 4.90. The first-order valence-corrected chi connectivity index (χ1v) is 5.64. The topological polar surface area (TPSA) is 55.4 Å². The molecule has 1 amide bonds. The third kappa shape index (κ3) is 5.03. The smallest absolute Gasteiger partial charge is 0.408 e. The molecule has 4 nitrogen and oxygen atoms in total. The van der Waals surface area contributed by atoms with Gasteiger partial charge in [0.1, 0.15) is 17.2 Å². The Kier molecular flexibility index (Phi) is 4.58. The SMILES string of the molecule is CC(C)(C)OC(=O)NCC(=O)c1ccc(F)cc1F. The van der Waals surface area contributed by atoms with Crippen LogP contribution in [0.25, 0.3) is 0 Å². The van der Waals surface area contributed by atoms with Crippen LogP contribution in [0.5, 0.6) is 0 Å². The quantitative estimate of drug-likeness (QED) is 0.860. The fraction of sp³-hybridized carbons (Fsp3) is 0.385. The first-order valence-electron chi connectivity index (χ1n) is 5.64. The van der Waals surface area contributed by atoms with Gasteiger partial charge < -0.3 is 10.1 Å². The Morgan fingerprint density at radius 1 is 1.26 bits per heavy atom. The minimum atomic E-state index is -0.962. The highest BCUT2D eigenvalue weighted by molar-refractivity contribution is 5.99. The first kappa shape index (κ1) is 15.1. The number of ketones is 1.